The molecule has 0 atom stereocenters. The van der Waals surface area contributed by atoms with Crippen LogP contribution in [0.3, 0.4) is 0 Å². The molecule has 1 aromatic carbocycles. The van der Waals surface area contributed by atoms with E-state index in [1.165, 1.54) is 0 Å². The highest BCUT2D eigenvalue weighted by atomic mass is 32.2. The highest BCUT2D eigenvalue weighted by molar-refractivity contribution is 8.00. The lowest BCUT2D eigenvalue weighted by molar-refractivity contribution is -0.133. The second-order valence-corrected chi connectivity index (χ2v) is 6.54. The van der Waals surface area contributed by atoms with Crippen molar-refractivity contribution in [1.29, 1.82) is 0 Å². The predicted octanol–water partition coefficient (Wildman–Crippen LogP) is 3.69. The monoisotopic (exact) mass is 309 g/mol. The lowest BCUT2D eigenvalue weighted by Gasteiger charge is -2.20. The molecule has 0 aliphatic carbocycles. The number of carboxylic acid groups (broad SMARTS) is 1. The molecule has 1 amide bonds. The first kappa shape index (κ1) is 17.6. The van der Waals surface area contributed by atoms with Gasteiger partial charge in [0.25, 0.3) is 0 Å². The number of carbonyl (C=O) groups excluding carboxylic acids is 1. The highest BCUT2D eigenvalue weighted by Gasteiger charge is 2.16. The molecule has 116 valence electrons. The molecule has 0 saturated heterocycles. The van der Waals surface area contributed by atoms with Gasteiger partial charge < -0.3 is 10.4 Å². The highest BCUT2D eigenvalue weighted by Crippen LogP contribution is 2.32. The van der Waals surface area contributed by atoms with Crippen LogP contribution in [0.2, 0.25) is 0 Å². The maximum Gasteiger partial charge on any atom is 0.313 e. The summed E-state index contributed by atoms with van der Waals surface area (Å²) in [6.45, 7) is 8.37. The van der Waals surface area contributed by atoms with E-state index in [4.69, 9.17) is 5.11 Å². The molecule has 0 bridgehead atoms. The zero-order chi connectivity index (χ0) is 16.0. The Balaban J connectivity index is 2.89. The topological polar surface area (TPSA) is 66.4 Å². The minimum atomic E-state index is -0.904. The number of nitrogens with one attached hydrogen (secondary N) is 1. The van der Waals surface area contributed by atoms with Crippen molar-refractivity contribution in [3.63, 3.8) is 0 Å². The zero-order valence-corrected chi connectivity index (χ0v) is 13.8. The fraction of sp³-hybridized carbons (Fsp3) is 0.500. The molecule has 0 heterocycles. The van der Waals surface area contributed by atoms with Gasteiger partial charge in [-0.05, 0) is 23.0 Å². The van der Waals surface area contributed by atoms with Gasteiger partial charge in [-0.1, -0.05) is 45.9 Å². The molecule has 4 nitrogen and oxygen atoms in total. The third kappa shape index (κ3) is 5.42. The lowest BCUT2D eigenvalue weighted by Crippen LogP contribution is -2.18. The number of thioether (sulfide) groups is 1. The summed E-state index contributed by atoms with van der Waals surface area (Å²) in [5.74, 6) is -0.349. The van der Waals surface area contributed by atoms with E-state index in [1.54, 1.807) is 0 Å². The molecule has 2 N–H and O–H groups in total. The van der Waals surface area contributed by atoms with Crippen molar-refractivity contribution in [3.8, 4) is 0 Å². The van der Waals surface area contributed by atoms with Crippen molar-refractivity contribution in [2.75, 3.05) is 16.8 Å². The summed E-state index contributed by atoms with van der Waals surface area (Å²) in [7, 11) is 0. The maximum absolute atomic E-state index is 12.0. The first-order chi connectivity index (χ1) is 9.82. The van der Waals surface area contributed by atoms with E-state index in [0.717, 1.165) is 28.6 Å². The molecule has 0 spiro atoms. The summed E-state index contributed by atoms with van der Waals surface area (Å²) >= 11 is 1.11. The van der Waals surface area contributed by atoms with Gasteiger partial charge in [-0.2, -0.15) is 0 Å². The summed E-state index contributed by atoms with van der Waals surface area (Å²) in [4.78, 5) is 22.5. The Bertz CT molecular complexity index is 486. The standard InChI is InChI=1S/C16H23NO3S/c1-10(2)12-6-5-7-13(11(3)4)16(12)17-14(18)8-21-9-15(19)20/h5-7,10-11H,8-9H2,1-4H3,(H,17,18)(H,19,20). The van der Waals surface area contributed by atoms with Gasteiger partial charge in [0.15, 0.2) is 0 Å². The maximum atomic E-state index is 12.0. The van der Waals surface area contributed by atoms with Crippen molar-refractivity contribution in [3.05, 3.63) is 29.3 Å². The van der Waals surface area contributed by atoms with Crippen molar-refractivity contribution in [1.82, 2.24) is 0 Å². The van der Waals surface area contributed by atoms with E-state index >= 15 is 0 Å². The second-order valence-electron chi connectivity index (χ2n) is 5.56. The number of para-hydroxylation sites is 1. The fourth-order valence-electron chi connectivity index (χ4n) is 2.10. The van der Waals surface area contributed by atoms with Crippen LogP contribution in [-0.2, 0) is 9.59 Å². The molecule has 0 aromatic heterocycles. The van der Waals surface area contributed by atoms with Crippen molar-refractivity contribution in [2.45, 2.75) is 39.5 Å². The summed E-state index contributed by atoms with van der Waals surface area (Å²) in [5, 5.41) is 11.6. The van der Waals surface area contributed by atoms with Gasteiger partial charge in [0.05, 0.1) is 11.5 Å². The molecule has 1 rings (SSSR count). The molecule has 0 radical (unpaired) electrons. The van der Waals surface area contributed by atoms with E-state index in [0.29, 0.717) is 11.8 Å². The van der Waals surface area contributed by atoms with Gasteiger partial charge in [0, 0.05) is 5.69 Å². The number of amides is 1. The average Bonchev–Trinajstić information content (AvgIpc) is 2.37. The van der Waals surface area contributed by atoms with Crippen LogP contribution in [-0.4, -0.2) is 28.5 Å². The quantitative estimate of drug-likeness (QED) is 0.806. The minimum Gasteiger partial charge on any atom is -0.481 e. The first-order valence-corrected chi connectivity index (χ1v) is 8.20. The molecule has 0 fully saturated rings. The van der Waals surface area contributed by atoms with E-state index in [2.05, 4.69) is 33.0 Å². The third-order valence-corrected chi connectivity index (χ3v) is 4.01. The number of carbonyl (C=O) groups is 2. The molecule has 0 unspecified atom stereocenters. The molecule has 0 aliphatic heterocycles. The first-order valence-electron chi connectivity index (χ1n) is 7.05. The lowest BCUT2D eigenvalue weighted by atomic mass is 9.92. The Morgan fingerprint density at radius 2 is 1.62 bits per heavy atom. The second kappa shape index (κ2) is 8.08. The van der Waals surface area contributed by atoms with Crippen LogP contribution in [0.4, 0.5) is 5.69 Å². The Morgan fingerprint density at radius 3 is 2.05 bits per heavy atom. The number of benzene rings is 1. The van der Waals surface area contributed by atoms with E-state index in [-0.39, 0.29) is 17.4 Å². The van der Waals surface area contributed by atoms with Crippen LogP contribution in [0.15, 0.2) is 18.2 Å². The van der Waals surface area contributed by atoms with Gasteiger partial charge in [0.1, 0.15) is 0 Å². The molecular formula is C16H23NO3S. The van der Waals surface area contributed by atoms with Gasteiger partial charge in [-0.25, -0.2) is 0 Å². The smallest absolute Gasteiger partial charge is 0.313 e. The summed E-state index contributed by atoms with van der Waals surface area (Å²) in [6.07, 6.45) is 0. The molecule has 0 aliphatic rings. The Kier molecular flexibility index (Phi) is 6.75. The van der Waals surface area contributed by atoms with Crippen LogP contribution < -0.4 is 5.32 Å². The summed E-state index contributed by atoms with van der Waals surface area (Å²) < 4.78 is 0. The molecule has 5 heteroatoms. The van der Waals surface area contributed by atoms with Crippen molar-refractivity contribution < 1.29 is 14.7 Å². The number of aliphatic carboxylic acids is 1. The molecule has 0 saturated carbocycles. The third-order valence-electron chi connectivity index (χ3n) is 3.10. The normalized spacial score (nSPS) is 11.0. The van der Waals surface area contributed by atoms with E-state index in [1.807, 2.05) is 18.2 Å². The van der Waals surface area contributed by atoms with Crippen LogP contribution in [0.25, 0.3) is 0 Å². The number of carboxylic acids is 1. The van der Waals surface area contributed by atoms with Crippen LogP contribution >= 0.6 is 11.8 Å². The predicted molar refractivity (Wildman–Crippen MR) is 88.2 cm³/mol. The van der Waals surface area contributed by atoms with Crippen molar-refractivity contribution in [2.24, 2.45) is 0 Å². The SMILES string of the molecule is CC(C)c1cccc(C(C)C)c1NC(=O)CSCC(=O)O. The van der Waals surface area contributed by atoms with E-state index in [9.17, 15) is 9.59 Å². The minimum absolute atomic E-state index is 0.0592. The summed E-state index contributed by atoms with van der Waals surface area (Å²) in [6, 6.07) is 6.06. The Hall–Kier alpha value is -1.49. The van der Waals surface area contributed by atoms with Gasteiger partial charge in [0.2, 0.25) is 5.91 Å². The zero-order valence-electron chi connectivity index (χ0n) is 13.0. The number of anilines is 1. The van der Waals surface area contributed by atoms with Gasteiger partial charge >= 0.3 is 5.97 Å². The van der Waals surface area contributed by atoms with Gasteiger partial charge in [-0.15, -0.1) is 11.8 Å². The Morgan fingerprint density at radius 1 is 1.10 bits per heavy atom. The molecule has 21 heavy (non-hydrogen) atoms. The largest absolute Gasteiger partial charge is 0.481 e. The average molecular weight is 309 g/mol. The number of hydrogen-bond donors (Lipinski definition) is 2. The van der Waals surface area contributed by atoms with Crippen LogP contribution in [0.1, 0.15) is 50.7 Å². The summed E-state index contributed by atoms with van der Waals surface area (Å²) in [5.41, 5.74) is 3.10. The Labute approximate surface area is 130 Å². The van der Waals surface area contributed by atoms with E-state index < -0.39 is 5.97 Å². The number of hydrogen-bond acceptors (Lipinski definition) is 3. The van der Waals surface area contributed by atoms with Crippen LogP contribution in [0, 0.1) is 0 Å². The van der Waals surface area contributed by atoms with Crippen LogP contribution in [0.5, 0.6) is 0 Å². The fourth-order valence-corrected chi connectivity index (χ4v) is 2.64. The molecular weight excluding hydrogens is 286 g/mol. The van der Waals surface area contributed by atoms with Crippen molar-refractivity contribution >= 4 is 29.3 Å². The van der Waals surface area contributed by atoms with Gasteiger partial charge in [-0.3, -0.25) is 9.59 Å². The molecule has 1 aromatic rings. The number of rotatable bonds is 7.